The molecule has 0 saturated carbocycles. The number of thioether (sulfide) groups is 1. The number of rotatable bonds is 7. The highest BCUT2D eigenvalue weighted by molar-refractivity contribution is 7.99. The molecule has 2 N–H and O–H groups in total. The van der Waals surface area contributed by atoms with E-state index < -0.39 is 5.56 Å². The maximum absolute atomic E-state index is 13.0. The monoisotopic (exact) mass is 497 g/mol. The summed E-state index contributed by atoms with van der Waals surface area (Å²) in [4.78, 5) is 21.6. The molecule has 9 heteroatoms. The predicted octanol–water partition coefficient (Wildman–Crippen LogP) is 5.79. The smallest absolute Gasteiger partial charge is 0.264 e. The largest absolute Gasteiger partial charge is 0.494 e. The van der Waals surface area contributed by atoms with Crippen LogP contribution in [0.3, 0.4) is 0 Å². The van der Waals surface area contributed by atoms with E-state index >= 15 is 0 Å². The van der Waals surface area contributed by atoms with Crippen molar-refractivity contribution in [1.29, 1.82) is 0 Å². The number of methoxy groups -OCH3 is 2. The highest BCUT2D eigenvalue weighted by Crippen LogP contribution is 2.47. The first-order chi connectivity index (χ1) is 16.5. The summed E-state index contributed by atoms with van der Waals surface area (Å²) in [7, 11) is 3.21. The number of hydrogen-bond donors (Lipinski definition) is 2. The van der Waals surface area contributed by atoms with E-state index in [0.29, 0.717) is 30.2 Å². The van der Waals surface area contributed by atoms with E-state index in [1.807, 2.05) is 42.5 Å². The Kier molecular flexibility index (Phi) is 7.43. The van der Waals surface area contributed by atoms with Crippen molar-refractivity contribution in [2.45, 2.75) is 42.9 Å². The zero-order valence-electron chi connectivity index (χ0n) is 19.3. The van der Waals surface area contributed by atoms with Crippen molar-refractivity contribution < 1.29 is 14.6 Å². The molecule has 1 atom stereocenters. The molecule has 0 aliphatic carbocycles. The number of nitrogens with zero attached hydrogens (tertiary/aromatic N) is 2. The molecule has 1 aromatic heterocycles. The van der Waals surface area contributed by atoms with E-state index in [1.54, 1.807) is 30.5 Å². The lowest BCUT2D eigenvalue weighted by molar-refractivity contribution is 0.354. The van der Waals surface area contributed by atoms with Crippen LogP contribution >= 0.6 is 24.0 Å². The van der Waals surface area contributed by atoms with E-state index in [2.05, 4.69) is 11.9 Å². The number of benzene rings is 2. The zero-order chi connectivity index (χ0) is 24.2. The second-order valence-electron chi connectivity index (χ2n) is 7.91. The van der Waals surface area contributed by atoms with Gasteiger partial charge in [-0.3, -0.25) is 19.3 Å². The van der Waals surface area contributed by atoms with Gasteiger partial charge in [0.15, 0.2) is 16.3 Å². The van der Waals surface area contributed by atoms with Crippen molar-refractivity contribution in [2.24, 2.45) is 4.99 Å². The quantitative estimate of drug-likeness (QED) is 0.402. The topological polar surface area (TPSA) is 88.8 Å². The van der Waals surface area contributed by atoms with Crippen LogP contribution < -0.4 is 15.0 Å². The summed E-state index contributed by atoms with van der Waals surface area (Å²) in [6.45, 7) is 2.58. The van der Waals surface area contributed by atoms with E-state index in [-0.39, 0.29) is 21.5 Å². The Morgan fingerprint density at radius 3 is 2.71 bits per heavy atom. The van der Waals surface area contributed by atoms with E-state index in [9.17, 15) is 9.90 Å². The minimum absolute atomic E-state index is 0.0757. The molecule has 178 valence electrons. The van der Waals surface area contributed by atoms with Gasteiger partial charge < -0.3 is 14.6 Å². The van der Waals surface area contributed by atoms with Gasteiger partial charge in [-0.15, -0.1) is 11.8 Å². The first-order valence-electron chi connectivity index (χ1n) is 11.1. The second-order valence-corrected chi connectivity index (χ2v) is 9.55. The maximum Gasteiger partial charge on any atom is 0.264 e. The number of fused-ring (bicyclic) bond motifs is 1. The third-order valence-corrected chi connectivity index (χ3v) is 7.39. The van der Waals surface area contributed by atoms with Gasteiger partial charge in [-0.2, -0.15) is 0 Å². The van der Waals surface area contributed by atoms with E-state index in [4.69, 9.17) is 26.7 Å². The molecule has 1 aliphatic rings. The fraction of sp³-hybridized carbons (Fsp3) is 0.320. The lowest BCUT2D eigenvalue weighted by atomic mass is 10.0. The third-order valence-electron chi connectivity index (χ3n) is 5.74. The van der Waals surface area contributed by atoms with Gasteiger partial charge in [0.05, 0.1) is 25.6 Å². The third kappa shape index (κ3) is 4.76. The number of aromatic nitrogens is 2. The Morgan fingerprint density at radius 2 is 1.97 bits per heavy atom. The van der Waals surface area contributed by atoms with Gasteiger partial charge >= 0.3 is 0 Å². The molecule has 0 spiro atoms. The summed E-state index contributed by atoms with van der Waals surface area (Å²) in [5.74, 6) is 1.13. The van der Waals surface area contributed by atoms with Gasteiger partial charge in [-0.1, -0.05) is 31.5 Å². The van der Waals surface area contributed by atoms with Crippen LogP contribution in [0, 0.1) is 4.77 Å². The number of aliphatic imine (C=N–C) groups is 1. The van der Waals surface area contributed by atoms with Crippen LogP contribution in [-0.4, -0.2) is 34.6 Å². The van der Waals surface area contributed by atoms with Crippen molar-refractivity contribution in [3.8, 4) is 17.4 Å². The number of H-pyrrole nitrogens is 1. The molecule has 3 aromatic rings. The first-order valence-corrected chi connectivity index (χ1v) is 12.4. The molecule has 1 aliphatic heterocycles. The van der Waals surface area contributed by atoms with Gasteiger partial charge in [0.2, 0.25) is 5.88 Å². The maximum atomic E-state index is 13.0. The van der Waals surface area contributed by atoms with Crippen molar-refractivity contribution >= 4 is 35.4 Å². The molecule has 0 unspecified atom stereocenters. The number of hydrogen-bond acceptors (Lipinski definition) is 7. The van der Waals surface area contributed by atoms with Gasteiger partial charge in [-0.25, -0.2) is 0 Å². The van der Waals surface area contributed by atoms with Crippen molar-refractivity contribution in [2.75, 3.05) is 14.2 Å². The number of nitrogens with one attached hydrogen (secondary N) is 1. The second kappa shape index (κ2) is 10.5. The van der Waals surface area contributed by atoms with Crippen molar-refractivity contribution in [3.05, 3.63) is 68.7 Å². The Morgan fingerprint density at radius 1 is 1.21 bits per heavy atom. The van der Waals surface area contributed by atoms with Crippen LogP contribution in [0.5, 0.6) is 17.4 Å². The summed E-state index contributed by atoms with van der Waals surface area (Å²) >= 11 is 6.98. The molecule has 0 radical (unpaired) electrons. The molecule has 4 rings (SSSR count). The van der Waals surface area contributed by atoms with Gasteiger partial charge in [0, 0.05) is 23.1 Å². The Labute approximate surface area is 207 Å². The Bertz CT molecular complexity index is 1350. The molecule has 7 nitrogen and oxygen atoms in total. The SMILES string of the molecule is CCCCn1c(O)c(C2=Nc3ccccc3S[C@@H](c3ccc(OC)c(OC)c3)C2)c(=O)[nH]c1=S. The Hall–Kier alpha value is -3.04. The number of aromatic hydroxyl groups is 1. The molecule has 2 aromatic carbocycles. The first kappa shape index (κ1) is 24.1. The number of aromatic amines is 1. The number of ether oxygens (including phenoxy) is 2. The average molecular weight is 498 g/mol. The van der Waals surface area contributed by atoms with Crippen LogP contribution in [0.15, 0.2) is 57.1 Å². The summed E-state index contributed by atoms with van der Waals surface area (Å²) in [6, 6.07) is 13.6. The average Bonchev–Trinajstić information content (AvgIpc) is 3.03. The minimum Gasteiger partial charge on any atom is -0.494 e. The molecule has 0 amide bonds. The molecular weight excluding hydrogens is 470 g/mol. The molecular formula is C25H27N3O4S2. The lowest BCUT2D eigenvalue weighted by Crippen LogP contribution is -2.24. The highest BCUT2D eigenvalue weighted by Gasteiger charge is 2.27. The van der Waals surface area contributed by atoms with Crippen LogP contribution in [0.25, 0.3) is 0 Å². The van der Waals surface area contributed by atoms with Gasteiger partial charge in [0.25, 0.3) is 5.56 Å². The summed E-state index contributed by atoms with van der Waals surface area (Å²) in [5, 5.41) is 11.1. The van der Waals surface area contributed by atoms with Gasteiger partial charge in [0.1, 0.15) is 5.56 Å². The molecule has 0 saturated heterocycles. The van der Waals surface area contributed by atoms with E-state index in [0.717, 1.165) is 29.0 Å². The zero-order valence-corrected chi connectivity index (χ0v) is 21.0. The number of para-hydroxylation sites is 1. The molecule has 34 heavy (non-hydrogen) atoms. The minimum atomic E-state index is -0.440. The summed E-state index contributed by atoms with van der Waals surface area (Å²) in [6.07, 6.45) is 2.19. The summed E-state index contributed by atoms with van der Waals surface area (Å²) in [5.41, 5.74) is 1.99. The van der Waals surface area contributed by atoms with Gasteiger partial charge in [-0.05, 0) is 48.5 Å². The van der Waals surface area contributed by atoms with Crippen LogP contribution in [0.2, 0.25) is 0 Å². The Balaban J connectivity index is 1.86. The number of unbranched alkanes of at least 4 members (excludes halogenated alkanes) is 1. The standard InChI is InChI=1S/C25H27N3O4S2/c1-4-5-12-28-24(30)22(23(29)27-25(28)33)17-14-21(34-20-9-7-6-8-16(20)26-17)15-10-11-18(31-2)19(13-15)32-3/h6-11,13,21,30H,4-5,12,14H2,1-3H3,(H,27,29,33)/t21-/m1/s1. The predicted molar refractivity (Wildman–Crippen MR) is 138 cm³/mol. The molecule has 2 heterocycles. The van der Waals surface area contributed by atoms with Crippen molar-refractivity contribution in [3.63, 3.8) is 0 Å². The molecule has 0 bridgehead atoms. The summed E-state index contributed by atoms with van der Waals surface area (Å²) < 4.78 is 12.7. The fourth-order valence-electron chi connectivity index (χ4n) is 3.95. The van der Waals surface area contributed by atoms with E-state index in [1.165, 1.54) is 0 Å². The lowest BCUT2D eigenvalue weighted by Gasteiger charge is -2.19. The van der Waals surface area contributed by atoms with Crippen molar-refractivity contribution in [1.82, 2.24) is 9.55 Å². The highest BCUT2D eigenvalue weighted by atomic mass is 32.2. The van der Waals surface area contributed by atoms with Crippen LogP contribution in [0.4, 0.5) is 5.69 Å². The van der Waals surface area contributed by atoms with Crippen LogP contribution in [0.1, 0.15) is 42.6 Å². The normalized spacial score (nSPS) is 15.3. The molecule has 0 fully saturated rings. The fourth-order valence-corrected chi connectivity index (χ4v) is 5.44. The van der Waals surface area contributed by atoms with Crippen LogP contribution in [-0.2, 0) is 6.54 Å².